The minimum atomic E-state index is -5.87. The van der Waals surface area contributed by atoms with Crippen LogP contribution in [-0.4, -0.2) is 61.9 Å². The SMILES string of the molecule is CC(=O)N1CC(NC(=O)C(C)C(=O)NCC(F)(F)C(F)(F)F)C(=O)N(C)c2ccccc21. The first kappa shape index (κ1) is 25.0. The average Bonchev–Trinajstić information content (AvgIpc) is 2.81. The summed E-state index contributed by atoms with van der Waals surface area (Å²) in [6, 6.07) is 5.18. The van der Waals surface area contributed by atoms with E-state index in [2.05, 4.69) is 5.32 Å². The Labute approximate surface area is 179 Å². The number of nitrogens with one attached hydrogen (secondary N) is 2. The van der Waals surface area contributed by atoms with E-state index < -0.39 is 54.2 Å². The molecule has 2 unspecified atom stereocenters. The number of nitrogens with zero attached hydrogens (tertiary/aromatic N) is 2. The lowest BCUT2D eigenvalue weighted by Crippen LogP contribution is -2.55. The predicted molar refractivity (Wildman–Crippen MR) is 103 cm³/mol. The van der Waals surface area contributed by atoms with Gasteiger partial charge in [0.05, 0.1) is 24.5 Å². The molecule has 8 nitrogen and oxygen atoms in total. The predicted octanol–water partition coefficient (Wildman–Crippen LogP) is 1.45. The third-order valence-electron chi connectivity index (χ3n) is 4.91. The topological polar surface area (TPSA) is 98.8 Å². The zero-order chi connectivity index (χ0) is 24.4. The highest BCUT2D eigenvalue weighted by Crippen LogP contribution is 2.35. The van der Waals surface area contributed by atoms with Gasteiger partial charge in [0.2, 0.25) is 17.7 Å². The monoisotopic (exact) mass is 464 g/mol. The number of carbonyl (C=O) groups is 4. The minimum absolute atomic E-state index is 0.276. The van der Waals surface area contributed by atoms with Crippen molar-refractivity contribution in [2.75, 3.05) is 29.9 Å². The summed E-state index contributed by atoms with van der Waals surface area (Å²) < 4.78 is 62.7. The van der Waals surface area contributed by atoms with E-state index in [1.54, 1.807) is 24.3 Å². The van der Waals surface area contributed by atoms with E-state index in [-0.39, 0.29) is 6.54 Å². The summed E-state index contributed by atoms with van der Waals surface area (Å²) in [5, 5.41) is 3.66. The van der Waals surface area contributed by atoms with E-state index in [1.165, 1.54) is 29.1 Å². The first-order valence-corrected chi connectivity index (χ1v) is 9.34. The summed E-state index contributed by atoms with van der Waals surface area (Å²) >= 11 is 0. The fraction of sp³-hybridized carbons (Fsp3) is 0.474. The van der Waals surface area contributed by atoms with Crippen molar-refractivity contribution in [1.29, 1.82) is 0 Å². The van der Waals surface area contributed by atoms with Crippen LogP contribution >= 0.6 is 0 Å². The number of alkyl halides is 5. The second kappa shape index (κ2) is 9.09. The molecule has 1 heterocycles. The van der Waals surface area contributed by atoms with Crippen LogP contribution in [0.3, 0.4) is 0 Å². The van der Waals surface area contributed by atoms with Gasteiger partial charge in [0, 0.05) is 14.0 Å². The van der Waals surface area contributed by atoms with Gasteiger partial charge in [-0.15, -0.1) is 0 Å². The Morgan fingerprint density at radius 3 is 2.19 bits per heavy atom. The second-order valence-corrected chi connectivity index (χ2v) is 7.22. The molecule has 2 N–H and O–H groups in total. The lowest BCUT2D eigenvalue weighted by molar-refractivity contribution is -0.278. The molecule has 0 radical (unpaired) electrons. The van der Waals surface area contributed by atoms with Gasteiger partial charge < -0.3 is 20.4 Å². The van der Waals surface area contributed by atoms with Crippen LogP contribution in [0.4, 0.5) is 33.3 Å². The van der Waals surface area contributed by atoms with Gasteiger partial charge in [-0.05, 0) is 19.1 Å². The molecule has 4 amide bonds. The van der Waals surface area contributed by atoms with Gasteiger partial charge in [0.15, 0.2) is 0 Å². The zero-order valence-electron chi connectivity index (χ0n) is 17.3. The van der Waals surface area contributed by atoms with Gasteiger partial charge in [0.1, 0.15) is 12.0 Å². The van der Waals surface area contributed by atoms with E-state index in [0.717, 1.165) is 6.92 Å². The molecule has 0 bridgehead atoms. The number of likely N-dealkylation sites (N-methyl/N-ethyl adjacent to an activating group) is 1. The van der Waals surface area contributed by atoms with Crippen molar-refractivity contribution in [3.8, 4) is 0 Å². The van der Waals surface area contributed by atoms with Crippen molar-refractivity contribution in [2.24, 2.45) is 5.92 Å². The highest BCUT2D eigenvalue weighted by Gasteiger charge is 2.57. The normalized spacial score (nSPS) is 17.9. The number of hydrogen-bond donors (Lipinski definition) is 2. The van der Waals surface area contributed by atoms with Crippen molar-refractivity contribution in [3.05, 3.63) is 24.3 Å². The number of amides is 4. The molecule has 13 heteroatoms. The summed E-state index contributed by atoms with van der Waals surface area (Å²) in [5.41, 5.74) is 0.803. The Hall–Kier alpha value is -3.25. The van der Waals surface area contributed by atoms with E-state index in [9.17, 15) is 41.1 Å². The molecular weight excluding hydrogens is 443 g/mol. The molecule has 1 aliphatic heterocycles. The van der Waals surface area contributed by atoms with Gasteiger partial charge in [-0.2, -0.15) is 22.0 Å². The molecule has 0 aromatic heterocycles. The highest BCUT2D eigenvalue weighted by molar-refractivity contribution is 6.08. The Kier molecular flexibility index (Phi) is 7.10. The van der Waals surface area contributed by atoms with Gasteiger partial charge in [0.25, 0.3) is 5.91 Å². The number of benzene rings is 1. The molecular formula is C19H21F5N4O4. The Morgan fingerprint density at radius 1 is 1.09 bits per heavy atom. The summed E-state index contributed by atoms with van der Waals surface area (Å²) in [6.45, 7) is -0.0750. The number of fused-ring (bicyclic) bond motifs is 1. The fourth-order valence-electron chi connectivity index (χ4n) is 2.96. The largest absolute Gasteiger partial charge is 0.455 e. The van der Waals surface area contributed by atoms with Gasteiger partial charge in [-0.3, -0.25) is 19.2 Å². The first-order valence-electron chi connectivity index (χ1n) is 9.34. The van der Waals surface area contributed by atoms with Crippen molar-refractivity contribution in [3.63, 3.8) is 0 Å². The van der Waals surface area contributed by atoms with Crippen LogP contribution in [0, 0.1) is 5.92 Å². The van der Waals surface area contributed by atoms with E-state index in [0.29, 0.717) is 11.4 Å². The first-order chi connectivity index (χ1) is 14.7. The van der Waals surface area contributed by atoms with Crippen molar-refractivity contribution >= 4 is 35.0 Å². The van der Waals surface area contributed by atoms with Crippen LogP contribution in [0.2, 0.25) is 0 Å². The zero-order valence-corrected chi connectivity index (χ0v) is 17.3. The smallest absolute Gasteiger partial charge is 0.349 e. The van der Waals surface area contributed by atoms with Crippen LogP contribution in [0.15, 0.2) is 24.3 Å². The Balaban J connectivity index is 2.14. The van der Waals surface area contributed by atoms with Gasteiger partial charge >= 0.3 is 12.1 Å². The lowest BCUT2D eigenvalue weighted by atomic mass is 10.1. The third kappa shape index (κ3) is 5.14. The van der Waals surface area contributed by atoms with Gasteiger partial charge in [-0.25, -0.2) is 0 Å². The maximum Gasteiger partial charge on any atom is 0.455 e. The molecule has 0 saturated heterocycles. The number of hydrogen-bond acceptors (Lipinski definition) is 4. The molecule has 32 heavy (non-hydrogen) atoms. The standard InChI is InChI=1S/C19H21F5N4O4/c1-10(15(30)25-9-18(20,21)19(22,23)24)16(31)26-12-8-28(11(2)29)14-7-5-4-6-13(14)27(3)17(12)32/h4-7,10,12H,8-9H2,1-3H3,(H,25,30)(H,26,31). The van der Waals surface area contributed by atoms with E-state index in [1.807, 2.05) is 0 Å². The van der Waals surface area contributed by atoms with Crippen LogP contribution < -0.4 is 20.4 Å². The van der Waals surface area contributed by atoms with Crippen LogP contribution in [0.1, 0.15) is 13.8 Å². The summed E-state index contributed by atoms with van der Waals surface area (Å²) in [7, 11) is 1.42. The quantitative estimate of drug-likeness (QED) is 0.509. The van der Waals surface area contributed by atoms with E-state index in [4.69, 9.17) is 0 Å². The second-order valence-electron chi connectivity index (χ2n) is 7.22. The van der Waals surface area contributed by atoms with E-state index >= 15 is 0 Å². The third-order valence-corrected chi connectivity index (χ3v) is 4.91. The summed E-state index contributed by atoms with van der Waals surface area (Å²) in [5.74, 6) is -10.4. The number of rotatable bonds is 5. The summed E-state index contributed by atoms with van der Waals surface area (Å²) in [6.07, 6.45) is -5.87. The molecule has 176 valence electrons. The van der Waals surface area contributed by atoms with Crippen LogP contribution in [0.25, 0.3) is 0 Å². The average molecular weight is 464 g/mol. The van der Waals surface area contributed by atoms with Crippen molar-refractivity contribution in [2.45, 2.75) is 32.0 Å². The maximum absolute atomic E-state index is 13.0. The Morgan fingerprint density at radius 2 is 1.66 bits per heavy atom. The van der Waals surface area contributed by atoms with Crippen molar-refractivity contribution < 1.29 is 41.1 Å². The molecule has 0 fully saturated rings. The van der Waals surface area contributed by atoms with Crippen LogP contribution in [0.5, 0.6) is 0 Å². The van der Waals surface area contributed by atoms with Gasteiger partial charge in [-0.1, -0.05) is 12.1 Å². The molecule has 2 atom stereocenters. The highest BCUT2D eigenvalue weighted by atomic mass is 19.4. The molecule has 1 aromatic carbocycles. The van der Waals surface area contributed by atoms with Crippen LogP contribution in [-0.2, 0) is 19.2 Å². The molecule has 0 aliphatic carbocycles. The Bertz CT molecular complexity index is 921. The molecule has 1 aromatic rings. The number of anilines is 2. The maximum atomic E-state index is 13.0. The lowest BCUT2D eigenvalue weighted by Gasteiger charge is -2.25. The molecule has 0 saturated carbocycles. The molecule has 2 rings (SSSR count). The number of halogens is 5. The van der Waals surface area contributed by atoms with Crippen molar-refractivity contribution in [1.82, 2.24) is 10.6 Å². The molecule has 0 spiro atoms. The minimum Gasteiger partial charge on any atom is -0.349 e. The summed E-state index contributed by atoms with van der Waals surface area (Å²) in [4.78, 5) is 51.8. The molecule has 1 aliphatic rings. The number of para-hydroxylation sites is 2. The number of carbonyl (C=O) groups excluding carboxylic acids is 4. The fourth-order valence-corrected chi connectivity index (χ4v) is 2.96.